The molecule has 0 aliphatic rings. The van der Waals surface area contributed by atoms with Crippen LogP contribution >= 0.6 is 46.4 Å². The van der Waals surface area contributed by atoms with E-state index >= 15 is 0 Å². The molecule has 0 saturated heterocycles. The maximum absolute atomic E-state index is 12.5. The number of rotatable bonds is 12. The van der Waals surface area contributed by atoms with Crippen LogP contribution in [0, 0.1) is 5.41 Å². The Morgan fingerprint density at radius 3 is 1.74 bits per heavy atom. The van der Waals surface area contributed by atoms with Gasteiger partial charge in [0.1, 0.15) is 0 Å². The molecule has 0 spiro atoms. The van der Waals surface area contributed by atoms with Crippen LogP contribution in [0.25, 0.3) is 0 Å². The van der Waals surface area contributed by atoms with Gasteiger partial charge >= 0.3 is 12.1 Å². The molecule has 0 aromatic heterocycles. The van der Waals surface area contributed by atoms with E-state index in [1.54, 1.807) is 36.4 Å². The lowest BCUT2D eigenvalue weighted by atomic mass is 9.76. The maximum Gasteiger partial charge on any atom is 0.319 e. The smallest absolute Gasteiger partial charge is 0.319 e. The third-order valence-electron chi connectivity index (χ3n) is 5.96. The quantitative estimate of drug-likeness (QED) is 0.196. The monoisotopic (exact) mass is 560 g/mol. The molecule has 10 heteroatoms. The first-order valence-electron chi connectivity index (χ1n) is 11.7. The molecule has 1 atom stereocenters. The average Bonchev–Trinajstić information content (AvgIpc) is 2.83. The highest BCUT2D eigenvalue weighted by Gasteiger charge is 2.28. The van der Waals surface area contributed by atoms with Crippen LogP contribution < -0.4 is 21.3 Å². The van der Waals surface area contributed by atoms with Crippen LogP contribution in [0.15, 0.2) is 36.4 Å². The fourth-order valence-corrected chi connectivity index (χ4v) is 4.36. The molecular formula is C25H32Cl4N4O2. The predicted octanol–water partition coefficient (Wildman–Crippen LogP) is 8.61. The number of amides is 4. The van der Waals surface area contributed by atoms with Crippen molar-refractivity contribution >= 4 is 69.8 Å². The first-order chi connectivity index (χ1) is 16.7. The number of nitrogens with one attached hydrogen (secondary N) is 4. The summed E-state index contributed by atoms with van der Waals surface area (Å²) in [6, 6.07) is 9.28. The SMILES string of the molecule is CCCCC(CC)(CCCNC(=O)Nc1ccc(Cl)c(Cl)c1)CNC(=O)Nc1ccc(Cl)c(Cl)c1. The van der Waals surface area contributed by atoms with Crippen molar-refractivity contribution in [2.45, 2.75) is 52.4 Å². The predicted molar refractivity (Wildman–Crippen MR) is 148 cm³/mol. The van der Waals surface area contributed by atoms with Crippen LogP contribution in [0.2, 0.25) is 20.1 Å². The number of benzene rings is 2. The average molecular weight is 562 g/mol. The van der Waals surface area contributed by atoms with Crippen LogP contribution in [-0.2, 0) is 0 Å². The van der Waals surface area contributed by atoms with Crippen molar-refractivity contribution in [1.82, 2.24) is 10.6 Å². The number of anilines is 2. The fourth-order valence-electron chi connectivity index (χ4n) is 3.76. The zero-order valence-corrected chi connectivity index (χ0v) is 23.0. The summed E-state index contributed by atoms with van der Waals surface area (Å²) in [5, 5.41) is 13.1. The van der Waals surface area contributed by atoms with Gasteiger partial charge in [-0.3, -0.25) is 0 Å². The minimum absolute atomic E-state index is 0.0626. The summed E-state index contributed by atoms with van der Waals surface area (Å²) in [5.41, 5.74) is 1.08. The minimum Gasteiger partial charge on any atom is -0.338 e. The van der Waals surface area contributed by atoms with Gasteiger partial charge in [0.25, 0.3) is 0 Å². The number of halogens is 4. The Kier molecular flexibility index (Phi) is 12.3. The van der Waals surface area contributed by atoms with Crippen molar-refractivity contribution in [3.05, 3.63) is 56.5 Å². The van der Waals surface area contributed by atoms with Gasteiger partial charge in [-0.1, -0.05) is 73.1 Å². The van der Waals surface area contributed by atoms with Crippen LogP contribution in [-0.4, -0.2) is 25.2 Å². The molecule has 192 valence electrons. The molecular weight excluding hydrogens is 530 g/mol. The summed E-state index contributed by atoms with van der Waals surface area (Å²) in [4.78, 5) is 24.7. The summed E-state index contributed by atoms with van der Waals surface area (Å²) in [6.07, 6.45) is 5.68. The van der Waals surface area contributed by atoms with Crippen molar-refractivity contribution in [2.24, 2.45) is 5.41 Å². The van der Waals surface area contributed by atoms with Crippen LogP contribution in [0.1, 0.15) is 52.4 Å². The third-order valence-corrected chi connectivity index (χ3v) is 7.44. The zero-order chi connectivity index (χ0) is 25.8. The van der Waals surface area contributed by atoms with Crippen LogP contribution in [0.3, 0.4) is 0 Å². The second-order valence-electron chi connectivity index (χ2n) is 8.51. The standard InChI is InChI=1S/C25H32Cl4N4O2/c1-3-5-11-25(4-2,16-31-24(35)33-18-8-10-20(27)22(29)15-18)12-6-13-30-23(34)32-17-7-9-19(26)21(28)14-17/h7-10,14-15H,3-6,11-13,16H2,1-2H3,(H2,30,32,34)(H2,31,33,35). The van der Waals surface area contributed by atoms with E-state index in [1.807, 2.05) is 0 Å². The van der Waals surface area contributed by atoms with E-state index in [1.165, 1.54) is 0 Å². The number of hydrogen-bond donors (Lipinski definition) is 4. The Bertz CT molecular complexity index is 1010. The second kappa shape index (κ2) is 14.6. The van der Waals surface area contributed by atoms with Gasteiger partial charge in [-0.05, 0) is 67.5 Å². The van der Waals surface area contributed by atoms with E-state index in [4.69, 9.17) is 46.4 Å². The van der Waals surface area contributed by atoms with Crippen molar-refractivity contribution in [1.29, 1.82) is 0 Å². The molecule has 0 saturated carbocycles. The Morgan fingerprint density at radius 1 is 0.743 bits per heavy atom. The molecule has 1 unspecified atom stereocenters. The van der Waals surface area contributed by atoms with Crippen LogP contribution in [0.4, 0.5) is 21.0 Å². The van der Waals surface area contributed by atoms with Gasteiger partial charge < -0.3 is 21.3 Å². The highest BCUT2D eigenvalue weighted by molar-refractivity contribution is 6.42. The molecule has 35 heavy (non-hydrogen) atoms. The van der Waals surface area contributed by atoms with E-state index in [9.17, 15) is 9.59 Å². The molecule has 6 nitrogen and oxygen atoms in total. The molecule has 0 radical (unpaired) electrons. The lowest BCUT2D eigenvalue weighted by molar-refractivity contribution is 0.202. The number of urea groups is 2. The number of carbonyl (C=O) groups is 2. The lowest BCUT2D eigenvalue weighted by Gasteiger charge is -2.33. The second-order valence-corrected chi connectivity index (χ2v) is 10.1. The summed E-state index contributed by atoms with van der Waals surface area (Å²) >= 11 is 23.9. The molecule has 0 aliphatic heterocycles. The maximum atomic E-state index is 12.5. The summed E-state index contributed by atoms with van der Waals surface area (Å²) < 4.78 is 0. The minimum atomic E-state index is -0.307. The third kappa shape index (κ3) is 9.96. The van der Waals surface area contributed by atoms with Crippen molar-refractivity contribution < 1.29 is 9.59 Å². The van der Waals surface area contributed by atoms with E-state index in [0.717, 1.165) is 38.5 Å². The molecule has 2 aromatic rings. The molecule has 0 aliphatic carbocycles. The Morgan fingerprint density at radius 2 is 1.26 bits per heavy atom. The normalized spacial score (nSPS) is 12.5. The lowest BCUT2D eigenvalue weighted by Crippen LogP contribution is -2.40. The topological polar surface area (TPSA) is 82.3 Å². The van der Waals surface area contributed by atoms with Gasteiger partial charge in [0.2, 0.25) is 0 Å². The van der Waals surface area contributed by atoms with Gasteiger partial charge in [0.05, 0.1) is 20.1 Å². The number of carbonyl (C=O) groups excluding carboxylic acids is 2. The first-order valence-corrected chi connectivity index (χ1v) is 13.2. The molecule has 2 rings (SSSR count). The molecule has 2 aromatic carbocycles. The van der Waals surface area contributed by atoms with Gasteiger partial charge in [-0.25, -0.2) is 9.59 Å². The molecule has 0 fully saturated rings. The molecule has 4 amide bonds. The van der Waals surface area contributed by atoms with E-state index in [0.29, 0.717) is 44.6 Å². The Hall–Kier alpha value is -1.86. The van der Waals surface area contributed by atoms with Gasteiger partial charge in [-0.15, -0.1) is 0 Å². The molecule has 0 bridgehead atoms. The van der Waals surface area contributed by atoms with Crippen molar-refractivity contribution in [3.63, 3.8) is 0 Å². The van der Waals surface area contributed by atoms with Gasteiger partial charge in [-0.2, -0.15) is 0 Å². The van der Waals surface area contributed by atoms with Crippen molar-refractivity contribution in [2.75, 3.05) is 23.7 Å². The van der Waals surface area contributed by atoms with Gasteiger partial charge in [0.15, 0.2) is 0 Å². The highest BCUT2D eigenvalue weighted by atomic mass is 35.5. The van der Waals surface area contributed by atoms with E-state index in [2.05, 4.69) is 35.1 Å². The molecule has 4 N–H and O–H groups in total. The highest BCUT2D eigenvalue weighted by Crippen LogP contribution is 2.33. The molecule has 0 heterocycles. The van der Waals surface area contributed by atoms with E-state index in [-0.39, 0.29) is 17.5 Å². The van der Waals surface area contributed by atoms with Gasteiger partial charge in [0, 0.05) is 24.5 Å². The number of unbranched alkanes of at least 4 members (excludes halogenated alkanes) is 1. The number of hydrogen-bond acceptors (Lipinski definition) is 2. The fraction of sp³-hybridized carbons (Fsp3) is 0.440. The summed E-state index contributed by atoms with van der Waals surface area (Å²) in [7, 11) is 0. The Labute approximate surface area is 227 Å². The Balaban J connectivity index is 1.85. The zero-order valence-electron chi connectivity index (χ0n) is 19.9. The first kappa shape index (κ1) is 29.4. The largest absolute Gasteiger partial charge is 0.338 e. The van der Waals surface area contributed by atoms with E-state index < -0.39 is 0 Å². The summed E-state index contributed by atoms with van der Waals surface area (Å²) in [6.45, 7) is 5.33. The van der Waals surface area contributed by atoms with Crippen LogP contribution in [0.5, 0.6) is 0 Å². The summed E-state index contributed by atoms with van der Waals surface area (Å²) in [5.74, 6) is 0. The van der Waals surface area contributed by atoms with Crippen molar-refractivity contribution in [3.8, 4) is 0 Å².